The van der Waals surface area contributed by atoms with E-state index in [1.54, 1.807) is 11.1 Å². The van der Waals surface area contributed by atoms with E-state index in [4.69, 9.17) is 0 Å². The summed E-state index contributed by atoms with van der Waals surface area (Å²) < 4.78 is 0. The van der Waals surface area contributed by atoms with Gasteiger partial charge in [0.25, 0.3) is 0 Å². The van der Waals surface area contributed by atoms with Crippen molar-refractivity contribution in [2.75, 3.05) is 47.4 Å². The van der Waals surface area contributed by atoms with Crippen LogP contribution in [-0.4, -0.2) is 48.6 Å². The van der Waals surface area contributed by atoms with Gasteiger partial charge in [0, 0.05) is 51.0 Å². The number of piperazine rings is 1. The van der Waals surface area contributed by atoms with Crippen molar-refractivity contribution < 1.29 is 4.79 Å². The molecular formula is C18H22ClN5O. The number of carbonyl (C=O) groups is 1. The fourth-order valence-corrected chi connectivity index (χ4v) is 3.34. The Kier molecular flexibility index (Phi) is 5.38. The first-order valence-electron chi connectivity index (χ1n) is 8.49. The predicted octanol–water partition coefficient (Wildman–Crippen LogP) is 2.35. The number of hydrogen-bond acceptors (Lipinski definition) is 5. The molecule has 6 nitrogen and oxygen atoms in total. The van der Waals surface area contributed by atoms with Crippen LogP contribution in [0.5, 0.6) is 0 Å². The SMILES string of the molecule is Cl.O=C1CCCN1c1ccnc(N2CCN(c3ccccc3)CC2)n1. The monoisotopic (exact) mass is 359 g/mol. The number of aromatic nitrogens is 2. The van der Waals surface area contributed by atoms with E-state index in [2.05, 4.69) is 44.0 Å². The molecule has 0 N–H and O–H groups in total. The maximum Gasteiger partial charge on any atom is 0.228 e. The topological polar surface area (TPSA) is 52.6 Å². The lowest BCUT2D eigenvalue weighted by molar-refractivity contribution is -0.117. The zero-order chi connectivity index (χ0) is 16.4. The Labute approximate surface area is 153 Å². The predicted molar refractivity (Wildman–Crippen MR) is 102 cm³/mol. The van der Waals surface area contributed by atoms with Crippen LogP contribution >= 0.6 is 12.4 Å². The van der Waals surface area contributed by atoms with Crippen molar-refractivity contribution >= 4 is 35.8 Å². The first kappa shape index (κ1) is 17.5. The molecule has 0 spiro atoms. The van der Waals surface area contributed by atoms with Gasteiger partial charge >= 0.3 is 0 Å². The quantitative estimate of drug-likeness (QED) is 0.842. The second kappa shape index (κ2) is 7.70. The summed E-state index contributed by atoms with van der Waals surface area (Å²) in [4.78, 5) is 27.3. The molecule has 0 bridgehead atoms. The summed E-state index contributed by atoms with van der Waals surface area (Å²) in [6, 6.07) is 12.3. The van der Waals surface area contributed by atoms with Gasteiger partial charge in [0.15, 0.2) is 0 Å². The minimum atomic E-state index is 0. The van der Waals surface area contributed by atoms with Gasteiger partial charge in [-0.3, -0.25) is 9.69 Å². The van der Waals surface area contributed by atoms with Gasteiger partial charge in [-0.1, -0.05) is 18.2 Å². The van der Waals surface area contributed by atoms with E-state index < -0.39 is 0 Å². The fraction of sp³-hybridized carbons (Fsp3) is 0.389. The highest BCUT2D eigenvalue weighted by molar-refractivity contribution is 5.94. The molecule has 0 atom stereocenters. The van der Waals surface area contributed by atoms with Gasteiger partial charge in [0.2, 0.25) is 11.9 Å². The number of hydrogen-bond donors (Lipinski definition) is 0. The molecule has 0 aliphatic carbocycles. The molecule has 3 heterocycles. The number of nitrogens with zero attached hydrogens (tertiary/aromatic N) is 5. The Morgan fingerprint density at radius 1 is 0.880 bits per heavy atom. The molecule has 2 fully saturated rings. The highest BCUT2D eigenvalue weighted by Crippen LogP contribution is 2.22. The second-order valence-electron chi connectivity index (χ2n) is 6.17. The van der Waals surface area contributed by atoms with Gasteiger partial charge < -0.3 is 9.80 Å². The Hall–Kier alpha value is -2.34. The number of para-hydroxylation sites is 1. The van der Waals surface area contributed by atoms with Gasteiger partial charge in [-0.15, -0.1) is 12.4 Å². The van der Waals surface area contributed by atoms with Crippen LogP contribution in [0, 0.1) is 0 Å². The number of rotatable bonds is 3. The maximum atomic E-state index is 11.9. The van der Waals surface area contributed by atoms with Crippen LogP contribution < -0.4 is 14.7 Å². The van der Waals surface area contributed by atoms with Crippen molar-refractivity contribution in [2.45, 2.75) is 12.8 Å². The van der Waals surface area contributed by atoms with Crippen molar-refractivity contribution in [3.63, 3.8) is 0 Å². The Bertz CT molecular complexity index is 718. The van der Waals surface area contributed by atoms with Crippen molar-refractivity contribution in [3.05, 3.63) is 42.6 Å². The number of anilines is 3. The van der Waals surface area contributed by atoms with Gasteiger partial charge in [-0.25, -0.2) is 4.98 Å². The summed E-state index contributed by atoms with van der Waals surface area (Å²) >= 11 is 0. The van der Waals surface area contributed by atoms with E-state index in [-0.39, 0.29) is 18.3 Å². The summed E-state index contributed by atoms with van der Waals surface area (Å²) in [7, 11) is 0. The lowest BCUT2D eigenvalue weighted by atomic mass is 10.2. The minimum Gasteiger partial charge on any atom is -0.368 e. The Balaban J connectivity index is 0.00000182. The molecule has 2 aromatic rings. The molecule has 25 heavy (non-hydrogen) atoms. The van der Waals surface area contributed by atoms with E-state index in [1.165, 1.54) is 5.69 Å². The van der Waals surface area contributed by atoms with Gasteiger partial charge in [0.05, 0.1) is 0 Å². The van der Waals surface area contributed by atoms with Crippen LogP contribution in [0.3, 0.4) is 0 Å². The zero-order valence-electron chi connectivity index (χ0n) is 14.0. The molecule has 0 unspecified atom stereocenters. The van der Waals surface area contributed by atoms with Crippen LogP contribution in [0.1, 0.15) is 12.8 Å². The third kappa shape index (κ3) is 3.69. The van der Waals surface area contributed by atoms with Gasteiger partial charge in [0.1, 0.15) is 5.82 Å². The van der Waals surface area contributed by atoms with E-state index in [0.717, 1.165) is 50.9 Å². The molecule has 0 radical (unpaired) electrons. The van der Waals surface area contributed by atoms with Crippen molar-refractivity contribution in [1.82, 2.24) is 9.97 Å². The number of benzene rings is 1. The summed E-state index contributed by atoms with van der Waals surface area (Å²) in [5.41, 5.74) is 1.26. The number of halogens is 1. The van der Waals surface area contributed by atoms with Crippen molar-refractivity contribution in [1.29, 1.82) is 0 Å². The number of carbonyl (C=O) groups excluding carboxylic acids is 1. The number of amides is 1. The molecule has 2 aliphatic rings. The van der Waals surface area contributed by atoms with Crippen LogP contribution in [0.15, 0.2) is 42.6 Å². The van der Waals surface area contributed by atoms with Crippen LogP contribution in [0.2, 0.25) is 0 Å². The van der Waals surface area contributed by atoms with Crippen LogP contribution in [-0.2, 0) is 4.79 Å². The summed E-state index contributed by atoms with van der Waals surface area (Å²) in [5.74, 6) is 1.61. The Morgan fingerprint density at radius 3 is 2.28 bits per heavy atom. The third-order valence-electron chi connectivity index (χ3n) is 4.66. The molecule has 132 valence electrons. The van der Waals surface area contributed by atoms with E-state index in [0.29, 0.717) is 6.42 Å². The first-order chi connectivity index (χ1) is 11.8. The van der Waals surface area contributed by atoms with Gasteiger partial charge in [-0.05, 0) is 24.6 Å². The lowest BCUT2D eigenvalue weighted by Gasteiger charge is -2.36. The molecule has 4 rings (SSSR count). The highest BCUT2D eigenvalue weighted by Gasteiger charge is 2.24. The molecule has 2 saturated heterocycles. The first-order valence-corrected chi connectivity index (χ1v) is 8.49. The molecular weight excluding hydrogens is 338 g/mol. The van der Waals surface area contributed by atoms with Crippen molar-refractivity contribution in [3.8, 4) is 0 Å². The smallest absolute Gasteiger partial charge is 0.228 e. The highest BCUT2D eigenvalue weighted by atomic mass is 35.5. The largest absolute Gasteiger partial charge is 0.368 e. The molecule has 1 aromatic carbocycles. The van der Waals surface area contributed by atoms with Crippen LogP contribution in [0.4, 0.5) is 17.5 Å². The second-order valence-corrected chi connectivity index (χ2v) is 6.17. The molecule has 7 heteroatoms. The summed E-state index contributed by atoms with van der Waals surface area (Å²) in [6.45, 7) is 4.41. The standard InChI is InChI=1S/C18H21N5O.ClH/c24-17-7-4-10-23(17)16-8-9-19-18(20-16)22-13-11-21(12-14-22)15-5-2-1-3-6-15;/h1-3,5-6,8-9H,4,7,10-14H2;1H. The molecule has 1 amide bonds. The third-order valence-corrected chi connectivity index (χ3v) is 4.66. The minimum absolute atomic E-state index is 0. The van der Waals surface area contributed by atoms with E-state index in [1.807, 2.05) is 12.1 Å². The molecule has 2 aliphatic heterocycles. The Morgan fingerprint density at radius 2 is 1.60 bits per heavy atom. The van der Waals surface area contributed by atoms with Gasteiger partial charge in [-0.2, -0.15) is 4.98 Å². The fourth-order valence-electron chi connectivity index (χ4n) is 3.34. The molecule has 1 aromatic heterocycles. The summed E-state index contributed by atoms with van der Waals surface area (Å²) in [6.07, 6.45) is 3.29. The summed E-state index contributed by atoms with van der Waals surface area (Å²) in [5, 5.41) is 0. The van der Waals surface area contributed by atoms with E-state index in [9.17, 15) is 4.79 Å². The molecule has 0 saturated carbocycles. The average molecular weight is 360 g/mol. The average Bonchev–Trinajstić information content (AvgIpc) is 3.09. The van der Waals surface area contributed by atoms with Crippen molar-refractivity contribution in [2.24, 2.45) is 0 Å². The zero-order valence-corrected chi connectivity index (χ0v) is 14.9. The normalized spacial score (nSPS) is 17.6. The van der Waals surface area contributed by atoms with Crippen LogP contribution in [0.25, 0.3) is 0 Å². The lowest BCUT2D eigenvalue weighted by Crippen LogP contribution is -2.47. The maximum absolute atomic E-state index is 11.9. The van der Waals surface area contributed by atoms with E-state index >= 15 is 0 Å².